The molecule has 0 heterocycles. The zero-order valence-corrected chi connectivity index (χ0v) is 23.0. The third kappa shape index (κ3) is 8.26. The maximum atomic E-state index is 12.3. The van der Waals surface area contributed by atoms with Crippen molar-refractivity contribution in [1.29, 1.82) is 0 Å². The normalized spacial score (nSPS) is 11.7. The zero-order chi connectivity index (χ0) is 27.3. The number of nitrogens with one attached hydrogen (secondary N) is 1. The Kier molecular flexibility index (Phi) is 9.55. The summed E-state index contributed by atoms with van der Waals surface area (Å²) in [5.74, 6) is -1.14. The van der Waals surface area contributed by atoms with Crippen LogP contribution < -0.4 is 5.32 Å². The van der Waals surface area contributed by atoms with Crippen molar-refractivity contribution in [3.8, 4) is 5.75 Å². The van der Waals surface area contributed by atoms with Gasteiger partial charge in [0.25, 0.3) is 5.91 Å². The van der Waals surface area contributed by atoms with Gasteiger partial charge in [0.05, 0.1) is 17.3 Å². The van der Waals surface area contributed by atoms with Crippen LogP contribution in [0.5, 0.6) is 5.75 Å². The second kappa shape index (κ2) is 11.8. The number of halogens is 1. The molecule has 0 spiro atoms. The van der Waals surface area contributed by atoms with Gasteiger partial charge >= 0.3 is 5.97 Å². The summed E-state index contributed by atoms with van der Waals surface area (Å²) in [6.07, 6.45) is 0.497. The molecule has 0 aromatic heterocycles. The topological polar surface area (TPSA) is 95.9 Å². The van der Waals surface area contributed by atoms with Gasteiger partial charge in [-0.1, -0.05) is 77.4 Å². The van der Waals surface area contributed by atoms with E-state index in [1.54, 1.807) is 24.3 Å². The van der Waals surface area contributed by atoms with Crippen molar-refractivity contribution in [3.05, 3.63) is 58.1 Å². The number of rotatable bonds is 8. The van der Waals surface area contributed by atoms with Crippen molar-refractivity contribution < 1.29 is 24.2 Å². The lowest BCUT2D eigenvalue weighted by Gasteiger charge is -2.28. The Morgan fingerprint density at radius 2 is 1.56 bits per heavy atom. The lowest BCUT2D eigenvalue weighted by Crippen LogP contribution is -2.37. The molecule has 2 amide bonds. The molecule has 0 radical (unpaired) electrons. The zero-order valence-electron chi connectivity index (χ0n) is 22.2. The highest BCUT2D eigenvalue weighted by Gasteiger charge is 2.26. The molecule has 7 nitrogen and oxygen atoms in total. The molecule has 0 aliphatic heterocycles. The van der Waals surface area contributed by atoms with Gasteiger partial charge in [0, 0.05) is 13.5 Å². The second-order valence-corrected chi connectivity index (χ2v) is 11.4. The Morgan fingerprint density at radius 3 is 2.08 bits per heavy atom. The number of ether oxygens (including phenoxy) is 1. The van der Waals surface area contributed by atoms with Crippen molar-refractivity contribution in [2.45, 2.75) is 65.2 Å². The molecule has 8 heteroatoms. The highest BCUT2D eigenvalue weighted by atomic mass is 35.5. The molecule has 0 aliphatic carbocycles. The first-order chi connectivity index (χ1) is 16.6. The molecule has 36 heavy (non-hydrogen) atoms. The number of hydrogen-bond acceptors (Lipinski definition) is 5. The number of aryl methyl sites for hydroxylation is 1. The summed E-state index contributed by atoms with van der Waals surface area (Å²) in [6, 6.07) is 10.6. The van der Waals surface area contributed by atoms with Crippen molar-refractivity contribution >= 4 is 35.1 Å². The van der Waals surface area contributed by atoms with E-state index in [1.807, 2.05) is 53.7 Å². The minimum atomic E-state index is -0.514. The summed E-state index contributed by atoms with van der Waals surface area (Å²) in [4.78, 5) is 38.1. The molecule has 2 aromatic carbocycles. The minimum Gasteiger partial charge on any atom is -0.507 e. The molecule has 0 saturated carbocycles. The van der Waals surface area contributed by atoms with Crippen molar-refractivity contribution in [2.24, 2.45) is 0 Å². The number of hydrogen-bond donors (Lipinski definition) is 2. The summed E-state index contributed by atoms with van der Waals surface area (Å²) in [5.41, 5.74) is 2.48. The van der Waals surface area contributed by atoms with Gasteiger partial charge in [-0.2, -0.15) is 0 Å². The van der Waals surface area contributed by atoms with Crippen LogP contribution in [0.15, 0.2) is 36.4 Å². The highest BCUT2D eigenvalue weighted by molar-refractivity contribution is 6.33. The van der Waals surface area contributed by atoms with Crippen LogP contribution in [0.3, 0.4) is 0 Å². The number of anilines is 1. The van der Waals surface area contributed by atoms with Crippen LogP contribution in [-0.4, -0.2) is 48.0 Å². The number of aromatic hydroxyl groups is 1. The summed E-state index contributed by atoms with van der Waals surface area (Å²) >= 11 is 6.03. The van der Waals surface area contributed by atoms with Crippen molar-refractivity contribution in [1.82, 2.24) is 4.90 Å². The maximum Gasteiger partial charge on any atom is 0.306 e. The van der Waals surface area contributed by atoms with E-state index >= 15 is 0 Å². The number of para-hydroxylation sites is 1. The average molecular weight is 517 g/mol. The van der Waals surface area contributed by atoms with Gasteiger partial charge in [-0.15, -0.1) is 0 Å². The predicted molar refractivity (Wildman–Crippen MR) is 143 cm³/mol. The van der Waals surface area contributed by atoms with E-state index in [4.69, 9.17) is 16.3 Å². The minimum absolute atomic E-state index is 0.0852. The molecule has 2 aromatic rings. The van der Waals surface area contributed by atoms with Crippen molar-refractivity contribution in [3.63, 3.8) is 0 Å². The number of likely N-dealkylation sites (N-methyl/N-ethyl adjacent to an activating group) is 1. The van der Waals surface area contributed by atoms with Gasteiger partial charge in [0.2, 0.25) is 5.91 Å². The van der Waals surface area contributed by atoms with E-state index in [2.05, 4.69) is 5.32 Å². The van der Waals surface area contributed by atoms with Crippen LogP contribution in [-0.2, 0) is 36.4 Å². The lowest BCUT2D eigenvalue weighted by atomic mass is 9.78. The van der Waals surface area contributed by atoms with E-state index in [0.717, 1.165) is 16.7 Å². The number of carbonyl (C=O) groups excluding carboxylic acids is 3. The number of carbonyl (C=O) groups is 3. The summed E-state index contributed by atoms with van der Waals surface area (Å²) in [5, 5.41) is 13.9. The number of nitrogens with zero attached hydrogens (tertiary/aromatic N) is 1. The first-order valence-electron chi connectivity index (χ1n) is 11.9. The Balaban J connectivity index is 1.92. The maximum absolute atomic E-state index is 12.3. The van der Waals surface area contributed by atoms with E-state index < -0.39 is 24.4 Å². The van der Waals surface area contributed by atoms with Gasteiger partial charge in [0.1, 0.15) is 5.75 Å². The summed E-state index contributed by atoms with van der Waals surface area (Å²) < 4.78 is 5.15. The van der Waals surface area contributed by atoms with Crippen LogP contribution in [0.4, 0.5) is 5.69 Å². The molecule has 2 rings (SSSR count). The predicted octanol–water partition coefficient (Wildman–Crippen LogP) is 5.21. The Labute approximate surface area is 218 Å². The standard InChI is InChI=1S/C28H37ClN2O5/c1-27(2,3)19-14-18(15-20(26(19)35)28(4,5)6)12-13-25(34)36-17-24(33)31(7)16-23(32)30-22-11-9-8-10-21(22)29/h8-11,14-15,35H,12-13,16-17H2,1-7H3,(H,30,32). The van der Waals surface area contributed by atoms with Crippen LogP contribution in [0, 0.1) is 0 Å². The molecule has 0 fully saturated rings. The van der Waals surface area contributed by atoms with E-state index in [9.17, 15) is 19.5 Å². The fourth-order valence-electron chi connectivity index (χ4n) is 3.61. The molecule has 0 aliphatic rings. The summed E-state index contributed by atoms with van der Waals surface area (Å²) in [6.45, 7) is 11.5. The van der Waals surface area contributed by atoms with Gasteiger partial charge in [-0.05, 0) is 46.1 Å². The van der Waals surface area contributed by atoms with Crippen LogP contribution in [0.25, 0.3) is 0 Å². The molecular weight excluding hydrogens is 480 g/mol. The first kappa shape index (κ1) is 29.2. The largest absolute Gasteiger partial charge is 0.507 e. The van der Waals surface area contributed by atoms with Gasteiger partial charge in [-0.25, -0.2) is 0 Å². The monoisotopic (exact) mass is 516 g/mol. The number of esters is 1. The second-order valence-electron chi connectivity index (χ2n) is 11.0. The molecule has 196 valence electrons. The third-order valence-electron chi connectivity index (χ3n) is 5.71. The Hall–Kier alpha value is -3.06. The fourth-order valence-corrected chi connectivity index (χ4v) is 3.79. The number of amides is 2. The van der Waals surface area contributed by atoms with Crippen LogP contribution in [0.1, 0.15) is 64.7 Å². The van der Waals surface area contributed by atoms with Crippen molar-refractivity contribution in [2.75, 3.05) is 25.5 Å². The Morgan fingerprint density at radius 1 is 1.00 bits per heavy atom. The molecular formula is C28H37ClN2O5. The van der Waals surface area contributed by atoms with E-state index in [1.165, 1.54) is 11.9 Å². The highest BCUT2D eigenvalue weighted by Crippen LogP contribution is 2.40. The molecule has 0 atom stereocenters. The van der Waals surface area contributed by atoms with Crippen LogP contribution in [0.2, 0.25) is 5.02 Å². The van der Waals surface area contributed by atoms with Gasteiger partial charge in [0.15, 0.2) is 6.61 Å². The van der Waals surface area contributed by atoms with E-state index in [-0.39, 0.29) is 29.5 Å². The molecule has 0 unspecified atom stereocenters. The SMILES string of the molecule is CN(CC(=O)Nc1ccccc1Cl)C(=O)COC(=O)CCc1cc(C(C)(C)C)c(O)c(C(C)(C)C)c1. The van der Waals surface area contributed by atoms with Crippen LogP contribution >= 0.6 is 11.6 Å². The molecule has 2 N–H and O–H groups in total. The number of benzene rings is 2. The number of phenolic OH excluding ortho intramolecular Hbond substituents is 1. The summed E-state index contributed by atoms with van der Waals surface area (Å²) in [7, 11) is 1.46. The Bertz CT molecular complexity index is 1080. The smallest absolute Gasteiger partial charge is 0.306 e. The lowest BCUT2D eigenvalue weighted by molar-refractivity contribution is -0.151. The van der Waals surface area contributed by atoms with Gasteiger partial charge in [-0.3, -0.25) is 14.4 Å². The average Bonchev–Trinajstić information content (AvgIpc) is 2.76. The van der Waals surface area contributed by atoms with E-state index in [0.29, 0.717) is 17.1 Å². The molecule has 0 bridgehead atoms. The fraction of sp³-hybridized carbons (Fsp3) is 0.464. The molecule has 0 saturated heterocycles. The first-order valence-corrected chi connectivity index (χ1v) is 12.3. The quantitative estimate of drug-likeness (QED) is 0.469. The third-order valence-corrected chi connectivity index (χ3v) is 6.04. The number of phenols is 1. The van der Waals surface area contributed by atoms with Gasteiger partial charge < -0.3 is 20.1 Å².